The average Bonchev–Trinajstić information content (AvgIpc) is 2.80. The molecule has 94 valence electrons. The Morgan fingerprint density at radius 1 is 1.35 bits per heavy atom. The van der Waals surface area contributed by atoms with E-state index >= 15 is 0 Å². The van der Waals surface area contributed by atoms with Gasteiger partial charge in [-0.1, -0.05) is 25.0 Å². The summed E-state index contributed by atoms with van der Waals surface area (Å²) in [6, 6.07) is 7.99. The standard InChI is InChI=1S/C15H23NO/c1-12(14-8-5-9-15(17)10-14)16(2)11-13-6-3-4-7-13/h5,8-10,12-13,17H,3-4,6-7,11H2,1-2H3. The summed E-state index contributed by atoms with van der Waals surface area (Å²) in [5.74, 6) is 1.24. The fourth-order valence-corrected chi connectivity index (χ4v) is 2.80. The van der Waals surface area contributed by atoms with Gasteiger partial charge < -0.3 is 5.11 Å². The summed E-state index contributed by atoms with van der Waals surface area (Å²) in [4.78, 5) is 2.41. The lowest BCUT2D eigenvalue weighted by Crippen LogP contribution is -2.27. The lowest BCUT2D eigenvalue weighted by Gasteiger charge is -2.27. The van der Waals surface area contributed by atoms with Crippen molar-refractivity contribution in [2.45, 2.75) is 38.6 Å². The van der Waals surface area contributed by atoms with Gasteiger partial charge >= 0.3 is 0 Å². The van der Waals surface area contributed by atoms with Gasteiger partial charge in [0.05, 0.1) is 0 Å². The highest BCUT2D eigenvalue weighted by Crippen LogP contribution is 2.28. The fraction of sp³-hybridized carbons (Fsp3) is 0.600. The number of hydrogen-bond acceptors (Lipinski definition) is 2. The van der Waals surface area contributed by atoms with Crippen molar-refractivity contribution in [2.75, 3.05) is 13.6 Å². The molecule has 0 saturated heterocycles. The molecule has 1 aromatic carbocycles. The molecule has 2 rings (SSSR count). The van der Waals surface area contributed by atoms with E-state index in [0.717, 1.165) is 5.92 Å². The first-order chi connectivity index (χ1) is 8.16. The third-order valence-corrected chi connectivity index (χ3v) is 4.03. The molecule has 2 nitrogen and oxygen atoms in total. The van der Waals surface area contributed by atoms with Crippen molar-refractivity contribution in [3.05, 3.63) is 29.8 Å². The van der Waals surface area contributed by atoms with Gasteiger partial charge in [0.2, 0.25) is 0 Å². The predicted octanol–water partition coefficient (Wildman–Crippen LogP) is 3.58. The van der Waals surface area contributed by atoms with E-state index in [4.69, 9.17) is 0 Å². The number of phenolic OH excluding ortho intramolecular Hbond substituents is 1. The molecule has 1 N–H and O–H groups in total. The van der Waals surface area contributed by atoms with Crippen LogP contribution in [0.2, 0.25) is 0 Å². The molecule has 0 spiro atoms. The maximum absolute atomic E-state index is 9.51. The van der Waals surface area contributed by atoms with Gasteiger partial charge in [-0.2, -0.15) is 0 Å². The molecule has 2 heteroatoms. The topological polar surface area (TPSA) is 23.5 Å². The Hall–Kier alpha value is -1.02. The van der Waals surface area contributed by atoms with E-state index in [1.54, 1.807) is 6.07 Å². The van der Waals surface area contributed by atoms with E-state index in [1.165, 1.54) is 37.8 Å². The molecule has 1 atom stereocenters. The zero-order valence-electron chi connectivity index (χ0n) is 10.9. The first-order valence-electron chi connectivity index (χ1n) is 6.66. The van der Waals surface area contributed by atoms with Crippen LogP contribution in [0.4, 0.5) is 0 Å². The van der Waals surface area contributed by atoms with Gasteiger partial charge in [-0.3, -0.25) is 4.90 Å². The molecule has 17 heavy (non-hydrogen) atoms. The van der Waals surface area contributed by atoms with Gasteiger partial charge in [0.1, 0.15) is 5.75 Å². The maximum atomic E-state index is 9.51. The maximum Gasteiger partial charge on any atom is 0.115 e. The third-order valence-electron chi connectivity index (χ3n) is 4.03. The Morgan fingerprint density at radius 2 is 2.06 bits per heavy atom. The molecule has 1 unspecified atom stereocenters. The summed E-state index contributed by atoms with van der Waals surface area (Å²) in [6.45, 7) is 3.39. The smallest absolute Gasteiger partial charge is 0.115 e. The monoisotopic (exact) mass is 233 g/mol. The van der Waals surface area contributed by atoms with E-state index < -0.39 is 0 Å². The Morgan fingerprint density at radius 3 is 2.71 bits per heavy atom. The summed E-state index contributed by atoms with van der Waals surface area (Å²) in [5.41, 5.74) is 1.20. The van der Waals surface area contributed by atoms with Crippen LogP contribution in [0.15, 0.2) is 24.3 Å². The van der Waals surface area contributed by atoms with Crippen molar-refractivity contribution < 1.29 is 5.11 Å². The van der Waals surface area contributed by atoms with Crippen LogP contribution in [0.25, 0.3) is 0 Å². The zero-order valence-corrected chi connectivity index (χ0v) is 10.9. The SMILES string of the molecule is CC(c1cccc(O)c1)N(C)CC1CCCC1. The second kappa shape index (κ2) is 5.54. The molecule has 1 aliphatic carbocycles. The van der Waals surface area contributed by atoms with Crippen molar-refractivity contribution in [1.82, 2.24) is 4.90 Å². The number of hydrogen-bond donors (Lipinski definition) is 1. The highest BCUT2D eigenvalue weighted by Gasteiger charge is 2.20. The second-order valence-corrected chi connectivity index (χ2v) is 5.36. The van der Waals surface area contributed by atoms with E-state index in [0.29, 0.717) is 11.8 Å². The summed E-state index contributed by atoms with van der Waals surface area (Å²) in [6.07, 6.45) is 5.58. The number of rotatable bonds is 4. The molecule has 1 aliphatic rings. The van der Waals surface area contributed by atoms with Crippen LogP contribution in [0.3, 0.4) is 0 Å². The lowest BCUT2D eigenvalue weighted by atomic mass is 10.0. The van der Waals surface area contributed by atoms with Crippen molar-refractivity contribution in [3.8, 4) is 5.75 Å². The van der Waals surface area contributed by atoms with Crippen molar-refractivity contribution in [3.63, 3.8) is 0 Å². The van der Waals surface area contributed by atoms with Crippen LogP contribution in [-0.4, -0.2) is 23.6 Å². The van der Waals surface area contributed by atoms with E-state index in [-0.39, 0.29) is 0 Å². The minimum atomic E-state index is 0.364. The second-order valence-electron chi connectivity index (χ2n) is 5.36. The molecular weight excluding hydrogens is 210 g/mol. The molecule has 0 aromatic heterocycles. The molecule has 0 radical (unpaired) electrons. The third kappa shape index (κ3) is 3.22. The summed E-state index contributed by atoms with van der Waals surface area (Å²) >= 11 is 0. The van der Waals surface area contributed by atoms with Crippen LogP contribution in [0.1, 0.15) is 44.2 Å². The molecule has 0 bridgehead atoms. The molecular formula is C15H23NO. The van der Waals surface area contributed by atoms with Crippen LogP contribution in [0.5, 0.6) is 5.75 Å². The van der Waals surface area contributed by atoms with E-state index in [9.17, 15) is 5.11 Å². The number of nitrogens with zero attached hydrogens (tertiary/aromatic N) is 1. The molecule has 0 aliphatic heterocycles. The molecule has 1 fully saturated rings. The minimum Gasteiger partial charge on any atom is -0.508 e. The molecule has 0 heterocycles. The fourth-order valence-electron chi connectivity index (χ4n) is 2.80. The average molecular weight is 233 g/mol. The van der Waals surface area contributed by atoms with Crippen molar-refractivity contribution in [2.24, 2.45) is 5.92 Å². The van der Waals surface area contributed by atoms with Crippen molar-refractivity contribution >= 4 is 0 Å². The largest absolute Gasteiger partial charge is 0.508 e. The van der Waals surface area contributed by atoms with Crippen LogP contribution < -0.4 is 0 Å². The highest BCUT2D eigenvalue weighted by atomic mass is 16.3. The Labute approximate surface area is 104 Å². The number of aromatic hydroxyl groups is 1. The molecule has 1 aromatic rings. The van der Waals surface area contributed by atoms with E-state index in [2.05, 4.69) is 24.9 Å². The number of benzene rings is 1. The van der Waals surface area contributed by atoms with Crippen LogP contribution in [-0.2, 0) is 0 Å². The Kier molecular flexibility index (Phi) is 4.06. The minimum absolute atomic E-state index is 0.364. The van der Waals surface area contributed by atoms with Gasteiger partial charge in [-0.25, -0.2) is 0 Å². The summed E-state index contributed by atoms with van der Waals surface area (Å²) < 4.78 is 0. The predicted molar refractivity (Wildman–Crippen MR) is 71.1 cm³/mol. The van der Waals surface area contributed by atoms with Gasteiger partial charge in [-0.15, -0.1) is 0 Å². The first kappa shape index (κ1) is 12.4. The normalized spacial score (nSPS) is 18.8. The summed E-state index contributed by atoms with van der Waals surface area (Å²) in [5, 5.41) is 9.51. The Balaban J connectivity index is 1.96. The lowest BCUT2D eigenvalue weighted by molar-refractivity contribution is 0.221. The number of phenols is 1. The van der Waals surface area contributed by atoms with Gasteiger partial charge in [-0.05, 0) is 50.4 Å². The Bertz CT molecular complexity index is 358. The van der Waals surface area contributed by atoms with Gasteiger partial charge in [0, 0.05) is 12.6 Å². The van der Waals surface area contributed by atoms with Crippen LogP contribution in [0, 0.1) is 5.92 Å². The quantitative estimate of drug-likeness (QED) is 0.859. The van der Waals surface area contributed by atoms with Crippen molar-refractivity contribution in [1.29, 1.82) is 0 Å². The molecule has 1 saturated carbocycles. The first-order valence-corrected chi connectivity index (χ1v) is 6.66. The molecule has 0 amide bonds. The van der Waals surface area contributed by atoms with E-state index in [1.807, 2.05) is 12.1 Å². The highest BCUT2D eigenvalue weighted by molar-refractivity contribution is 5.29. The van der Waals surface area contributed by atoms with Gasteiger partial charge in [0.15, 0.2) is 0 Å². The van der Waals surface area contributed by atoms with Gasteiger partial charge in [0.25, 0.3) is 0 Å². The summed E-state index contributed by atoms with van der Waals surface area (Å²) in [7, 11) is 2.19. The van der Waals surface area contributed by atoms with Crippen LogP contribution >= 0.6 is 0 Å². The zero-order chi connectivity index (χ0) is 12.3.